The largest absolute Gasteiger partial charge is 0.478 e. The van der Waals surface area contributed by atoms with Crippen molar-refractivity contribution in [2.45, 2.75) is 156 Å². The molecule has 0 heterocycles. The number of aliphatic carboxylic acids is 1. The Kier molecular flexibility index (Phi) is 38.5. The lowest BCUT2D eigenvalue weighted by Crippen LogP contribution is -2.05. The third-order valence-corrected chi connectivity index (χ3v) is 6.59. The highest BCUT2D eigenvalue weighted by Gasteiger charge is 2.02. The quantitative estimate of drug-likeness (QED) is 0.0608. The molecule has 0 amide bonds. The Morgan fingerprint density at radius 1 is 0.643 bits per heavy atom. The number of carboxylic acids is 1. The Balaban J connectivity index is -0.000000702. The van der Waals surface area contributed by atoms with Crippen LogP contribution in [0.1, 0.15) is 156 Å². The van der Waals surface area contributed by atoms with E-state index in [1.54, 1.807) is 6.92 Å². The summed E-state index contributed by atoms with van der Waals surface area (Å²) in [6, 6.07) is 0. The Morgan fingerprint density at radius 2 is 1.00 bits per heavy atom. The second-order valence-corrected chi connectivity index (χ2v) is 11.4. The van der Waals surface area contributed by atoms with Crippen LogP contribution in [0.3, 0.4) is 0 Å². The lowest BCUT2D eigenvalue weighted by atomic mass is 10.0. The summed E-state index contributed by atoms with van der Waals surface area (Å²) in [7, 11) is 0. The molecule has 0 bridgehead atoms. The maximum Gasteiger partial charge on any atom is 0.333 e. The van der Waals surface area contributed by atoms with Crippen molar-refractivity contribution in [1.82, 2.24) is 0 Å². The molecular formula is C36H66O6. The number of esters is 2. The zero-order valence-electron chi connectivity index (χ0n) is 27.9. The molecule has 0 radical (unpaired) electrons. The summed E-state index contributed by atoms with van der Waals surface area (Å²) in [6.07, 6.45) is 28.4. The molecule has 1 N–H and O–H groups in total. The molecule has 0 aromatic heterocycles. The number of hydrogen-bond donors (Lipinski definition) is 1. The molecule has 0 saturated heterocycles. The maximum absolute atomic E-state index is 11.2. The number of carbonyl (C=O) groups excluding carboxylic acids is 2. The minimum atomic E-state index is -0.981. The smallest absolute Gasteiger partial charge is 0.333 e. The van der Waals surface area contributed by atoms with Crippen molar-refractivity contribution in [3.8, 4) is 0 Å². The Hall–Kier alpha value is -2.37. The van der Waals surface area contributed by atoms with E-state index in [2.05, 4.69) is 40.5 Å². The van der Waals surface area contributed by atoms with E-state index < -0.39 is 5.97 Å². The molecule has 0 saturated carbocycles. The number of ether oxygens (including phenoxy) is 2. The van der Waals surface area contributed by atoms with E-state index in [0.717, 1.165) is 31.3 Å². The zero-order chi connectivity index (χ0) is 32.3. The van der Waals surface area contributed by atoms with Gasteiger partial charge in [-0.3, -0.25) is 0 Å². The predicted molar refractivity (Wildman–Crippen MR) is 178 cm³/mol. The Morgan fingerprint density at radius 3 is 1.33 bits per heavy atom. The van der Waals surface area contributed by atoms with Crippen molar-refractivity contribution in [3.05, 3.63) is 37.5 Å². The lowest BCUT2D eigenvalue weighted by molar-refractivity contribution is -0.139. The van der Waals surface area contributed by atoms with Gasteiger partial charge >= 0.3 is 17.9 Å². The van der Waals surface area contributed by atoms with Crippen LogP contribution >= 0.6 is 0 Å². The molecule has 0 atom stereocenters. The number of unbranched alkanes of at least 4 members (excludes halogenated alkanes) is 17. The van der Waals surface area contributed by atoms with Crippen LogP contribution in [0, 0.1) is 5.92 Å². The molecule has 6 heteroatoms. The van der Waals surface area contributed by atoms with Crippen molar-refractivity contribution in [2.24, 2.45) is 5.92 Å². The zero-order valence-corrected chi connectivity index (χ0v) is 27.9. The van der Waals surface area contributed by atoms with Gasteiger partial charge in [-0.15, -0.1) is 0 Å². The molecule has 0 rings (SSSR count). The highest BCUT2D eigenvalue weighted by molar-refractivity contribution is 5.86. The molecule has 0 aromatic rings. The summed E-state index contributed by atoms with van der Waals surface area (Å²) in [5, 5.41) is 7.60. The van der Waals surface area contributed by atoms with Gasteiger partial charge in [0.1, 0.15) is 0 Å². The van der Waals surface area contributed by atoms with Crippen molar-refractivity contribution in [3.63, 3.8) is 0 Å². The molecule has 0 aliphatic carbocycles. The fraction of sp³-hybridized carbons (Fsp3) is 0.750. The van der Waals surface area contributed by atoms with Crippen LogP contribution < -0.4 is 0 Å². The summed E-state index contributed by atoms with van der Waals surface area (Å²) in [5.41, 5.74) is 0.492. The molecule has 0 unspecified atom stereocenters. The first-order chi connectivity index (χ1) is 20.1. The molecule has 42 heavy (non-hydrogen) atoms. The Labute approximate surface area is 259 Å². The topological polar surface area (TPSA) is 89.9 Å². The molecule has 0 aromatic carbocycles. The standard InChI is InChI=1S/C22H42O2.C11H20O2.C3H4O2/c1-4-5-6-7-8-9-10-11-12-13-14-15-16-17-18-19-20-24-22(23)21(2)3;1-4-11(12)13-9-7-5-6-8-10(2)3;1-2-3(4)5/h2,4-20H2,1,3H3;4,10H,1,5-9H2,2-3H3;2H,1H2,(H,4,5). The summed E-state index contributed by atoms with van der Waals surface area (Å²) < 4.78 is 9.93. The van der Waals surface area contributed by atoms with Gasteiger partial charge in [0.2, 0.25) is 0 Å². The van der Waals surface area contributed by atoms with Crippen molar-refractivity contribution >= 4 is 17.9 Å². The van der Waals surface area contributed by atoms with E-state index in [4.69, 9.17) is 14.6 Å². The van der Waals surface area contributed by atoms with Gasteiger partial charge in [-0.1, -0.05) is 156 Å². The van der Waals surface area contributed by atoms with Crippen LogP contribution in [0.15, 0.2) is 37.5 Å². The number of carboxylic acid groups (broad SMARTS) is 1. The van der Waals surface area contributed by atoms with Gasteiger partial charge in [-0.25, -0.2) is 14.4 Å². The number of carbonyl (C=O) groups is 3. The van der Waals surface area contributed by atoms with Crippen molar-refractivity contribution in [1.29, 1.82) is 0 Å². The van der Waals surface area contributed by atoms with Gasteiger partial charge in [0, 0.05) is 17.7 Å². The average molecular weight is 595 g/mol. The van der Waals surface area contributed by atoms with E-state index >= 15 is 0 Å². The summed E-state index contributed by atoms with van der Waals surface area (Å²) in [5.74, 6) is -0.777. The summed E-state index contributed by atoms with van der Waals surface area (Å²) >= 11 is 0. The highest BCUT2D eigenvalue weighted by Crippen LogP contribution is 2.14. The highest BCUT2D eigenvalue weighted by atomic mass is 16.5. The van der Waals surface area contributed by atoms with Crippen LogP contribution in [0.25, 0.3) is 0 Å². The van der Waals surface area contributed by atoms with E-state index in [0.29, 0.717) is 18.8 Å². The third-order valence-electron chi connectivity index (χ3n) is 6.59. The van der Waals surface area contributed by atoms with Crippen molar-refractivity contribution < 1.29 is 29.0 Å². The first-order valence-electron chi connectivity index (χ1n) is 16.6. The van der Waals surface area contributed by atoms with Gasteiger partial charge in [-0.2, -0.15) is 0 Å². The maximum atomic E-state index is 11.2. The molecular weight excluding hydrogens is 528 g/mol. The monoisotopic (exact) mass is 594 g/mol. The van der Waals surface area contributed by atoms with Crippen LogP contribution in [0.2, 0.25) is 0 Å². The van der Waals surface area contributed by atoms with Crippen molar-refractivity contribution in [2.75, 3.05) is 13.2 Å². The fourth-order valence-corrected chi connectivity index (χ4v) is 4.00. The van der Waals surface area contributed by atoms with Crippen LogP contribution in [-0.2, 0) is 23.9 Å². The number of hydrogen-bond acceptors (Lipinski definition) is 5. The second kappa shape index (κ2) is 36.7. The number of rotatable bonds is 26. The van der Waals surface area contributed by atoms with Gasteiger partial charge in [0.25, 0.3) is 0 Å². The minimum Gasteiger partial charge on any atom is -0.478 e. The molecule has 0 spiro atoms. The van der Waals surface area contributed by atoms with E-state index in [9.17, 15) is 14.4 Å². The van der Waals surface area contributed by atoms with Crippen LogP contribution in [-0.4, -0.2) is 36.2 Å². The van der Waals surface area contributed by atoms with Crippen LogP contribution in [0.4, 0.5) is 0 Å². The second-order valence-electron chi connectivity index (χ2n) is 11.4. The van der Waals surface area contributed by atoms with Gasteiger partial charge in [0.15, 0.2) is 0 Å². The molecule has 0 fully saturated rings. The van der Waals surface area contributed by atoms with Gasteiger partial charge in [0.05, 0.1) is 13.2 Å². The fourth-order valence-electron chi connectivity index (χ4n) is 4.00. The molecule has 0 aliphatic heterocycles. The van der Waals surface area contributed by atoms with E-state index in [1.165, 1.54) is 115 Å². The first kappa shape index (κ1) is 44.1. The van der Waals surface area contributed by atoms with Gasteiger partial charge in [-0.05, 0) is 25.7 Å². The summed E-state index contributed by atoms with van der Waals surface area (Å²) in [6.45, 7) is 19.3. The SMILES string of the molecule is C=C(C)C(=O)OCCCCCCCCCCCCCCCCCC.C=CC(=O)O.C=CC(=O)OCCCCCC(C)C. The van der Waals surface area contributed by atoms with Crippen LogP contribution in [0.5, 0.6) is 0 Å². The first-order valence-corrected chi connectivity index (χ1v) is 16.6. The normalized spacial score (nSPS) is 10.0. The van der Waals surface area contributed by atoms with E-state index in [-0.39, 0.29) is 11.9 Å². The average Bonchev–Trinajstić information content (AvgIpc) is 2.96. The lowest BCUT2D eigenvalue weighted by Gasteiger charge is -2.05. The molecule has 6 nitrogen and oxygen atoms in total. The van der Waals surface area contributed by atoms with Gasteiger partial charge < -0.3 is 14.6 Å². The molecule has 0 aliphatic rings. The predicted octanol–water partition coefficient (Wildman–Crippen LogP) is 10.6. The summed E-state index contributed by atoms with van der Waals surface area (Å²) in [4.78, 5) is 31.0. The minimum absolute atomic E-state index is 0.254. The molecule has 246 valence electrons. The van der Waals surface area contributed by atoms with E-state index in [1.807, 2.05) is 0 Å². The third kappa shape index (κ3) is 44.6. The Bertz CT molecular complexity index is 668.